The number of nitrogens with two attached hydrogens (primary N) is 1. The molecular weight excluding hydrogens is 218 g/mol. The van der Waals surface area contributed by atoms with E-state index < -0.39 is 0 Å². The zero-order chi connectivity index (χ0) is 11.4. The molecule has 0 amide bonds. The predicted octanol–water partition coefficient (Wildman–Crippen LogP) is 3.14. The molecule has 2 N–H and O–H groups in total. The van der Waals surface area contributed by atoms with E-state index in [1.807, 2.05) is 30.3 Å². The fourth-order valence-electron chi connectivity index (χ4n) is 1.57. The van der Waals surface area contributed by atoms with Crippen LogP contribution < -0.4 is 10.5 Å². The molecule has 0 aliphatic rings. The van der Waals surface area contributed by atoms with Crippen molar-refractivity contribution in [2.45, 2.75) is 13.0 Å². The largest absolute Gasteiger partial charge is 0.492 e. The molecule has 2 nitrogen and oxygen atoms in total. The Kier molecular flexibility index (Phi) is 3.59. The summed E-state index contributed by atoms with van der Waals surface area (Å²) in [5.74, 6) is 0.867. The molecule has 1 unspecified atom stereocenters. The SMILES string of the molecule is Cc1sccc1C(N)COc1ccccc1. The van der Waals surface area contributed by atoms with Crippen molar-refractivity contribution < 1.29 is 4.74 Å². The second-order valence-electron chi connectivity index (χ2n) is 3.66. The van der Waals surface area contributed by atoms with Gasteiger partial charge >= 0.3 is 0 Å². The molecule has 2 aromatic rings. The Hall–Kier alpha value is -1.32. The lowest BCUT2D eigenvalue weighted by Crippen LogP contribution is -2.19. The third kappa shape index (κ3) is 2.62. The Bertz CT molecular complexity index is 438. The number of ether oxygens (including phenoxy) is 1. The van der Waals surface area contributed by atoms with Gasteiger partial charge in [0.05, 0.1) is 6.04 Å². The van der Waals surface area contributed by atoms with Crippen LogP contribution in [0.2, 0.25) is 0 Å². The molecule has 84 valence electrons. The first-order valence-corrected chi connectivity index (χ1v) is 6.13. The first-order valence-electron chi connectivity index (χ1n) is 5.25. The fraction of sp³-hybridized carbons (Fsp3) is 0.231. The summed E-state index contributed by atoms with van der Waals surface area (Å²) in [7, 11) is 0. The zero-order valence-corrected chi connectivity index (χ0v) is 10.0. The maximum atomic E-state index is 6.07. The zero-order valence-electron chi connectivity index (χ0n) is 9.22. The van der Waals surface area contributed by atoms with Crippen LogP contribution in [0.15, 0.2) is 41.8 Å². The lowest BCUT2D eigenvalue weighted by Gasteiger charge is -2.13. The topological polar surface area (TPSA) is 35.2 Å². The van der Waals surface area contributed by atoms with Gasteiger partial charge in [-0.1, -0.05) is 18.2 Å². The van der Waals surface area contributed by atoms with Crippen LogP contribution in [0.5, 0.6) is 5.75 Å². The Morgan fingerprint density at radius 2 is 2.00 bits per heavy atom. The molecule has 1 atom stereocenters. The standard InChI is InChI=1S/C13H15NOS/c1-10-12(7-8-16-10)13(14)9-15-11-5-3-2-4-6-11/h2-8,13H,9,14H2,1H3. The molecule has 0 spiro atoms. The molecule has 1 aromatic heterocycles. The highest BCUT2D eigenvalue weighted by Gasteiger charge is 2.10. The third-order valence-electron chi connectivity index (χ3n) is 2.47. The Morgan fingerprint density at radius 3 is 2.62 bits per heavy atom. The molecule has 1 aromatic carbocycles. The van der Waals surface area contributed by atoms with Gasteiger partial charge in [0.1, 0.15) is 12.4 Å². The second kappa shape index (κ2) is 5.14. The summed E-state index contributed by atoms with van der Waals surface area (Å²) in [6.07, 6.45) is 0. The van der Waals surface area contributed by atoms with Crippen molar-refractivity contribution >= 4 is 11.3 Å². The van der Waals surface area contributed by atoms with Gasteiger partial charge in [0.25, 0.3) is 0 Å². The predicted molar refractivity (Wildman–Crippen MR) is 67.9 cm³/mol. The normalized spacial score (nSPS) is 12.4. The van der Waals surface area contributed by atoms with Crippen LogP contribution in [0.3, 0.4) is 0 Å². The van der Waals surface area contributed by atoms with Crippen LogP contribution in [0.4, 0.5) is 0 Å². The van der Waals surface area contributed by atoms with Crippen molar-refractivity contribution in [1.29, 1.82) is 0 Å². The molecule has 0 saturated heterocycles. The molecule has 0 aliphatic heterocycles. The van der Waals surface area contributed by atoms with E-state index in [1.54, 1.807) is 11.3 Å². The highest BCUT2D eigenvalue weighted by Crippen LogP contribution is 2.21. The summed E-state index contributed by atoms with van der Waals surface area (Å²) < 4.78 is 5.63. The quantitative estimate of drug-likeness (QED) is 0.880. The molecule has 1 heterocycles. The third-order valence-corrected chi connectivity index (χ3v) is 3.33. The van der Waals surface area contributed by atoms with E-state index in [2.05, 4.69) is 18.4 Å². The number of para-hydroxylation sites is 1. The maximum absolute atomic E-state index is 6.07. The number of thiophene rings is 1. The Balaban J connectivity index is 1.94. The minimum absolute atomic E-state index is 0.0496. The van der Waals surface area contributed by atoms with Gasteiger partial charge in [-0.15, -0.1) is 11.3 Å². The number of benzene rings is 1. The van der Waals surface area contributed by atoms with Gasteiger partial charge in [0.2, 0.25) is 0 Å². The van der Waals surface area contributed by atoms with E-state index >= 15 is 0 Å². The van der Waals surface area contributed by atoms with Crippen molar-refractivity contribution in [3.8, 4) is 5.75 Å². The molecule has 0 bridgehead atoms. The van der Waals surface area contributed by atoms with Crippen LogP contribution in [-0.4, -0.2) is 6.61 Å². The molecule has 0 radical (unpaired) electrons. The van der Waals surface area contributed by atoms with Crippen molar-refractivity contribution in [1.82, 2.24) is 0 Å². The summed E-state index contributed by atoms with van der Waals surface area (Å²) in [5, 5.41) is 2.06. The molecule has 0 aliphatic carbocycles. The first-order chi connectivity index (χ1) is 7.77. The molecule has 0 fully saturated rings. The lowest BCUT2D eigenvalue weighted by atomic mass is 10.1. The fourth-order valence-corrected chi connectivity index (χ4v) is 2.35. The van der Waals surface area contributed by atoms with Crippen LogP contribution in [0.25, 0.3) is 0 Å². The molecule has 2 rings (SSSR count). The number of hydrogen-bond acceptors (Lipinski definition) is 3. The van der Waals surface area contributed by atoms with Gasteiger partial charge in [-0.05, 0) is 36.1 Å². The summed E-state index contributed by atoms with van der Waals surface area (Å²) in [5.41, 5.74) is 7.25. The molecule has 16 heavy (non-hydrogen) atoms. The average molecular weight is 233 g/mol. The van der Waals surface area contributed by atoms with Crippen molar-refractivity contribution in [2.24, 2.45) is 5.73 Å². The van der Waals surface area contributed by atoms with Crippen LogP contribution in [0.1, 0.15) is 16.5 Å². The van der Waals surface area contributed by atoms with E-state index in [9.17, 15) is 0 Å². The van der Waals surface area contributed by atoms with Crippen molar-refractivity contribution in [3.05, 3.63) is 52.2 Å². The monoisotopic (exact) mass is 233 g/mol. The van der Waals surface area contributed by atoms with Gasteiger partial charge in [0.15, 0.2) is 0 Å². The summed E-state index contributed by atoms with van der Waals surface area (Å²) >= 11 is 1.72. The van der Waals surface area contributed by atoms with E-state index in [4.69, 9.17) is 10.5 Å². The number of aryl methyl sites for hydroxylation is 1. The number of hydrogen-bond donors (Lipinski definition) is 1. The van der Waals surface area contributed by atoms with E-state index in [0.717, 1.165) is 5.75 Å². The second-order valence-corrected chi connectivity index (χ2v) is 4.78. The average Bonchev–Trinajstić information content (AvgIpc) is 2.74. The maximum Gasteiger partial charge on any atom is 0.119 e. The molecule has 3 heteroatoms. The van der Waals surface area contributed by atoms with E-state index in [1.165, 1.54) is 10.4 Å². The van der Waals surface area contributed by atoms with Crippen molar-refractivity contribution in [3.63, 3.8) is 0 Å². The smallest absolute Gasteiger partial charge is 0.119 e. The van der Waals surface area contributed by atoms with Gasteiger partial charge in [-0.3, -0.25) is 0 Å². The molecule has 0 saturated carbocycles. The van der Waals surface area contributed by atoms with Crippen LogP contribution in [-0.2, 0) is 0 Å². The summed E-state index contributed by atoms with van der Waals surface area (Å²) in [4.78, 5) is 1.27. The Morgan fingerprint density at radius 1 is 1.25 bits per heavy atom. The molecular formula is C13H15NOS. The lowest BCUT2D eigenvalue weighted by molar-refractivity contribution is 0.290. The van der Waals surface area contributed by atoms with E-state index in [0.29, 0.717) is 6.61 Å². The van der Waals surface area contributed by atoms with Gasteiger partial charge in [0, 0.05) is 4.88 Å². The van der Waals surface area contributed by atoms with Gasteiger partial charge < -0.3 is 10.5 Å². The van der Waals surface area contributed by atoms with E-state index in [-0.39, 0.29) is 6.04 Å². The highest BCUT2D eigenvalue weighted by molar-refractivity contribution is 7.10. The Labute approximate surface area is 99.7 Å². The highest BCUT2D eigenvalue weighted by atomic mass is 32.1. The minimum atomic E-state index is -0.0496. The summed E-state index contributed by atoms with van der Waals surface area (Å²) in [6, 6.07) is 11.8. The first kappa shape index (κ1) is 11.2. The van der Waals surface area contributed by atoms with Crippen molar-refractivity contribution in [2.75, 3.05) is 6.61 Å². The van der Waals surface area contributed by atoms with Gasteiger partial charge in [-0.2, -0.15) is 0 Å². The number of rotatable bonds is 4. The minimum Gasteiger partial charge on any atom is -0.492 e. The van der Waals surface area contributed by atoms with Crippen LogP contribution >= 0.6 is 11.3 Å². The summed E-state index contributed by atoms with van der Waals surface area (Å²) in [6.45, 7) is 2.60. The van der Waals surface area contributed by atoms with Crippen LogP contribution in [0, 0.1) is 6.92 Å². The van der Waals surface area contributed by atoms with Gasteiger partial charge in [-0.25, -0.2) is 0 Å².